The molecule has 0 radical (unpaired) electrons. The number of H-pyrrole nitrogens is 1. The Hall–Kier alpha value is -2.37. The van der Waals surface area contributed by atoms with Crippen LogP contribution in [0, 0.1) is 0 Å². The summed E-state index contributed by atoms with van der Waals surface area (Å²) in [6.45, 7) is 1.35. The molecule has 1 aromatic carbocycles. The largest absolute Gasteiger partial charge is 0.344 e. The normalized spacial score (nSPS) is 10.6. The van der Waals surface area contributed by atoms with Crippen molar-refractivity contribution in [3.63, 3.8) is 0 Å². The summed E-state index contributed by atoms with van der Waals surface area (Å²) in [4.78, 5) is 36.3. The predicted octanol–water partition coefficient (Wildman–Crippen LogP) is 0.205. The Bertz CT molecular complexity index is 666. The summed E-state index contributed by atoms with van der Waals surface area (Å²) in [7, 11) is 0. The van der Waals surface area contributed by atoms with Gasteiger partial charge in [-0.25, -0.2) is 9.47 Å². The number of hydrogen-bond donors (Lipinski definition) is 2. The van der Waals surface area contributed by atoms with E-state index >= 15 is 0 Å². The molecule has 0 atom stereocenters. The molecule has 0 aliphatic rings. The highest BCUT2D eigenvalue weighted by molar-refractivity contribution is 6.08. The fourth-order valence-electron chi connectivity index (χ4n) is 1.62. The zero-order chi connectivity index (χ0) is 12.6. The fraction of sp³-hybridized carbons (Fsp3) is 0.182. The first kappa shape index (κ1) is 11.1. The van der Waals surface area contributed by atoms with Crippen molar-refractivity contribution in [2.75, 3.05) is 5.84 Å². The lowest BCUT2D eigenvalue weighted by Gasteiger charge is -1.99. The van der Waals surface area contributed by atoms with E-state index in [9.17, 15) is 14.4 Å². The number of Topliss-reactive ketones (excluding diaryl/α,β-unsaturated/α-hetero) is 2. The van der Waals surface area contributed by atoms with Crippen molar-refractivity contribution in [3.05, 3.63) is 34.2 Å². The Morgan fingerprint density at radius 3 is 2.76 bits per heavy atom. The van der Waals surface area contributed by atoms with Crippen LogP contribution in [0.2, 0.25) is 0 Å². The minimum atomic E-state index is -0.448. The van der Waals surface area contributed by atoms with E-state index in [-0.39, 0.29) is 18.0 Å². The second kappa shape index (κ2) is 3.89. The molecule has 3 N–H and O–H groups in total. The number of imidazole rings is 1. The van der Waals surface area contributed by atoms with E-state index in [0.717, 1.165) is 4.68 Å². The smallest absolute Gasteiger partial charge is 0.335 e. The van der Waals surface area contributed by atoms with E-state index in [4.69, 9.17) is 5.84 Å². The summed E-state index contributed by atoms with van der Waals surface area (Å²) >= 11 is 0. The number of carbonyl (C=O) groups excluding carboxylic acids is 2. The van der Waals surface area contributed by atoms with Crippen LogP contribution in [0.4, 0.5) is 0 Å². The molecule has 2 rings (SSSR count). The maximum atomic E-state index is 11.7. The van der Waals surface area contributed by atoms with Crippen LogP contribution in [0.1, 0.15) is 23.7 Å². The maximum absolute atomic E-state index is 11.7. The van der Waals surface area contributed by atoms with Crippen molar-refractivity contribution in [3.8, 4) is 0 Å². The molecule has 0 aliphatic carbocycles. The van der Waals surface area contributed by atoms with Crippen LogP contribution in [0.25, 0.3) is 11.0 Å². The molecule has 17 heavy (non-hydrogen) atoms. The van der Waals surface area contributed by atoms with Gasteiger partial charge in [0.25, 0.3) is 0 Å². The van der Waals surface area contributed by atoms with Crippen molar-refractivity contribution in [2.24, 2.45) is 0 Å². The average Bonchev–Trinajstić information content (AvgIpc) is 2.54. The van der Waals surface area contributed by atoms with E-state index < -0.39 is 5.69 Å². The minimum absolute atomic E-state index is 0.148. The van der Waals surface area contributed by atoms with Gasteiger partial charge in [-0.3, -0.25) is 9.59 Å². The first-order valence-corrected chi connectivity index (χ1v) is 5.01. The van der Waals surface area contributed by atoms with E-state index in [0.29, 0.717) is 16.6 Å². The van der Waals surface area contributed by atoms with Gasteiger partial charge in [0.1, 0.15) is 5.78 Å². The summed E-state index contributed by atoms with van der Waals surface area (Å²) in [5.74, 6) is 5.02. The lowest BCUT2D eigenvalue weighted by Crippen LogP contribution is -2.23. The highest BCUT2D eigenvalue weighted by Gasteiger charge is 2.11. The van der Waals surface area contributed by atoms with E-state index in [1.54, 1.807) is 12.1 Å². The number of benzene rings is 1. The standard InChI is InChI=1S/C11H11N3O3/c1-6(15)4-10(16)7-2-3-8-9(5-7)14(12)11(17)13-8/h2-3,5H,4,12H2,1H3,(H,13,17). The molecular weight excluding hydrogens is 222 g/mol. The average molecular weight is 233 g/mol. The van der Waals surface area contributed by atoms with Crippen LogP contribution in [-0.4, -0.2) is 21.2 Å². The van der Waals surface area contributed by atoms with Gasteiger partial charge >= 0.3 is 5.69 Å². The quantitative estimate of drug-likeness (QED) is 0.449. The van der Waals surface area contributed by atoms with Gasteiger partial charge in [-0.1, -0.05) is 0 Å². The van der Waals surface area contributed by atoms with Crippen LogP contribution in [-0.2, 0) is 4.79 Å². The highest BCUT2D eigenvalue weighted by Crippen LogP contribution is 2.13. The van der Waals surface area contributed by atoms with E-state index in [1.807, 2.05) is 0 Å². The van der Waals surface area contributed by atoms with Gasteiger partial charge in [0.05, 0.1) is 17.5 Å². The highest BCUT2D eigenvalue weighted by atomic mass is 16.2. The molecule has 0 fully saturated rings. The zero-order valence-electron chi connectivity index (χ0n) is 9.19. The molecule has 0 saturated carbocycles. The molecule has 2 aromatic rings. The fourth-order valence-corrected chi connectivity index (χ4v) is 1.62. The van der Waals surface area contributed by atoms with Crippen molar-refractivity contribution in [1.29, 1.82) is 0 Å². The van der Waals surface area contributed by atoms with Crippen molar-refractivity contribution < 1.29 is 9.59 Å². The first-order chi connectivity index (χ1) is 7.99. The van der Waals surface area contributed by atoms with Crippen molar-refractivity contribution in [1.82, 2.24) is 9.66 Å². The summed E-state index contributed by atoms with van der Waals surface area (Å²) in [6.07, 6.45) is -0.148. The summed E-state index contributed by atoms with van der Waals surface area (Å²) in [5, 5.41) is 0. The number of carbonyl (C=O) groups is 2. The van der Waals surface area contributed by atoms with Gasteiger partial charge < -0.3 is 10.8 Å². The Balaban J connectivity index is 2.50. The Labute approximate surface area is 96.0 Å². The molecule has 0 spiro atoms. The topological polar surface area (TPSA) is 98.0 Å². The first-order valence-electron chi connectivity index (χ1n) is 5.01. The Kier molecular flexibility index (Phi) is 2.55. The van der Waals surface area contributed by atoms with Crippen LogP contribution in [0.15, 0.2) is 23.0 Å². The molecule has 1 aromatic heterocycles. The van der Waals surface area contributed by atoms with Gasteiger partial charge in [0, 0.05) is 5.56 Å². The SMILES string of the molecule is CC(=O)CC(=O)c1ccc2[nH]c(=O)n(N)c2c1. The molecule has 1 heterocycles. The Morgan fingerprint density at radius 2 is 2.12 bits per heavy atom. The number of nitrogens with zero attached hydrogens (tertiary/aromatic N) is 1. The van der Waals surface area contributed by atoms with Gasteiger partial charge in [-0.15, -0.1) is 0 Å². The third kappa shape index (κ3) is 1.96. The molecule has 0 unspecified atom stereocenters. The van der Waals surface area contributed by atoms with Gasteiger partial charge in [-0.2, -0.15) is 0 Å². The van der Waals surface area contributed by atoms with Gasteiger partial charge in [0.15, 0.2) is 5.78 Å². The number of nitrogens with one attached hydrogen (secondary N) is 1. The monoisotopic (exact) mass is 233 g/mol. The molecule has 0 saturated heterocycles. The van der Waals surface area contributed by atoms with Crippen LogP contribution in [0.5, 0.6) is 0 Å². The lowest BCUT2D eigenvalue weighted by molar-refractivity contribution is -0.116. The van der Waals surface area contributed by atoms with Gasteiger partial charge in [-0.05, 0) is 25.1 Å². The van der Waals surface area contributed by atoms with E-state index in [2.05, 4.69) is 4.98 Å². The second-order valence-electron chi connectivity index (χ2n) is 3.83. The number of aromatic nitrogens is 2. The number of nitrogen functional groups attached to an aromatic ring is 1. The minimum Gasteiger partial charge on any atom is -0.335 e. The third-order valence-corrected chi connectivity index (χ3v) is 2.45. The third-order valence-electron chi connectivity index (χ3n) is 2.45. The molecule has 0 aliphatic heterocycles. The maximum Gasteiger partial charge on any atom is 0.344 e. The van der Waals surface area contributed by atoms with Crippen LogP contribution < -0.4 is 11.5 Å². The van der Waals surface area contributed by atoms with Crippen LogP contribution in [0.3, 0.4) is 0 Å². The lowest BCUT2D eigenvalue weighted by atomic mass is 10.1. The Morgan fingerprint density at radius 1 is 1.41 bits per heavy atom. The van der Waals surface area contributed by atoms with E-state index in [1.165, 1.54) is 13.0 Å². The second-order valence-corrected chi connectivity index (χ2v) is 3.83. The number of fused-ring (bicyclic) bond motifs is 1. The van der Waals surface area contributed by atoms with Crippen LogP contribution >= 0.6 is 0 Å². The van der Waals surface area contributed by atoms with Gasteiger partial charge in [0.2, 0.25) is 0 Å². The number of ketones is 2. The molecule has 0 bridgehead atoms. The zero-order valence-corrected chi connectivity index (χ0v) is 9.19. The number of aromatic amines is 1. The molecule has 0 amide bonds. The summed E-state index contributed by atoms with van der Waals surface area (Å²) in [5.41, 5.74) is 0.906. The van der Waals surface area contributed by atoms with Crippen molar-refractivity contribution >= 4 is 22.6 Å². The predicted molar refractivity (Wildman–Crippen MR) is 62.3 cm³/mol. The molecule has 88 valence electrons. The number of nitrogens with two attached hydrogens (primary N) is 1. The molecule has 6 nitrogen and oxygen atoms in total. The molecular formula is C11H11N3O3. The number of rotatable bonds is 3. The van der Waals surface area contributed by atoms with Crippen molar-refractivity contribution in [2.45, 2.75) is 13.3 Å². The molecule has 6 heteroatoms. The summed E-state index contributed by atoms with van der Waals surface area (Å²) in [6, 6.07) is 4.65. The number of hydrogen-bond acceptors (Lipinski definition) is 4. The summed E-state index contributed by atoms with van der Waals surface area (Å²) < 4.78 is 0.930.